The van der Waals surface area contributed by atoms with Crippen molar-refractivity contribution in [2.24, 2.45) is 0 Å². The number of thioether (sulfide) groups is 1. The Labute approximate surface area is 143 Å². The summed E-state index contributed by atoms with van der Waals surface area (Å²) < 4.78 is 31.4. The second-order valence-corrected chi connectivity index (χ2v) is 8.74. The molecular weight excluding hydrogens is 356 g/mol. The Kier molecular flexibility index (Phi) is 4.88. The first-order valence-corrected chi connectivity index (χ1v) is 10.2. The van der Waals surface area contributed by atoms with Crippen molar-refractivity contribution in [2.75, 3.05) is 18.1 Å². The van der Waals surface area contributed by atoms with E-state index in [9.17, 15) is 18.0 Å². The first kappa shape index (κ1) is 17.3. The average Bonchev–Trinajstić information content (AvgIpc) is 3.27. The minimum absolute atomic E-state index is 0.0786. The zero-order chi connectivity index (χ0) is 17.3. The van der Waals surface area contributed by atoms with Crippen LogP contribution in [-0.2, 0) is 14.8 Å². The Bertz CT molecular complexity index is 738. The second-order valence-electron chi connectivity index (χ2n) is 5.77. The predicted molar refractivity (Wildman–Crippen MR) is 86.5 cm³/mol. The van der Waals surface area contributed by atoms with Gasteiger partial charge >= 0.3 is 5.97 Å². The molecule has 2 aliphatic rings. The quantitative estimate of drug-likeness (QED) is 0.781. The van der Waals surface area contributed by atoms with Crippen LogP contribution in [0, 0.1) is 0 Å². The summed E-state index contributed by atoms with van der Waals surface area (Å²) in [7, 11) is -4.04. The topological polar surface area (TPSA) is 117 Å². The first-order chi connectivity index (χ1) is 11.4. The van der Waals surface area contributed by atoms with E-state index in [1.54, 1.807) is 11.8 Å². The van der Waals surface area contributed by atoms with Gasteiger partial charge in [0, 0.05) is 18.3 Å². The number of nitrogens with one attached hydrogen (secondary N) is 1. The van der Waals surface area contributed by atoms with Gasteiger partial charge in [-0.15, -0.1) is 0 Å². The summed E-state index contributed by atoms with van der Waals surface area (Å²) in [4.78, 5) is 23.3. The number of carboxylic acid groups (broad SMARTS) is 1. The molecule has 2 saturated heterocycles. The van der Waals surface area contributed by atoms with Crippen LogP contribution in [0.1, 0.15) is 29.8 Å². The summed E-state index contributed by atoms with van der Waals surface area (Å²) in [5, 5.41) is 11.3. The van der Waals surface area contributed by atoms with Crippen LogP contribution < -0.4 is 5.32 Å². The van der Waals surface area contributed by atoms with Crippen molar-refractivity contribution in [2.45, 2.75) is 36.4 Å². The number of rotatable bonds is 5. The third-order valence-corrected chi connectivity index (χ3v) is 7.08. The van der Waals surface area contributed by atoms with Crippen molar-refractivity contribution in [3.05, 3.63) is 17.9 Å². The van der Waals surface area contributed by atoms with Crippen molar-refractivity contribution >= 4 is 33.7 Å². The summed E-state index contributed by atoms with van der Waals surface area (Å²) in [5.74, 6) is -0.260. The monoisotopic (exact) mass is 374 g/mol. The van der Waals surface area contributed by atoms with Crippen LogP contribution in [0.4, 0.5) is 0 Å². The maximum absolute atomic E-state index is 12.7. The highest BCUT2D eigenvalue weighted by Gasteiger charge is 2.41. The van der Waals surface area contributed by atoms with Gasteiger partial charge in [-0.2, -0.15) is 16.1 Å². The van der Waals surface area contributed by atoms with Crippen LogP contribution in [0.5, 0.6) is 0 Å². The lowest BCUT2D eigenvalue weighted by Crippen LogP contribution is -2.48. The van der Waals surface area contributed by atoms with Gasteiger partial charge < -0.3 is 14.8 Å². The number of aromatic carboxylic acids is 1. The van der Waals surface area contributed by atoms with Gasteiger partial charge in [-0.25, -0.2) is 13.2 Å². The van der Waals surface area contributed by atoms with E-state index in [1.165, 1.54) is 0 Å². The fraction of sp³-hybridized carbons (Fsp3) is 0.571. The van der Waals surface area contributed by atoms with Gasteiger partial charge in [0.05, 0.1) is 0 Å². The van der Waals surface area contributed by atoms with Gasteiger partial charge in [0.25, 0.3) is 10.0 Å². The molecule has 10 heteroatoms. The summed E-state index contributed by atoms with van der Waals surface area (Å²) >= 11 is 1.76. The van der Waals surface area contributed by atoms with E-state index in [0.717, 1.165) is 34.4 Å². The number of carbonyl (C=O) groups is 2. The molecule has 0 radical (unpaired) electrons. The Hall–Kier alpha value is -1.52. The maximum atomic E-state index is 12.7. The van der Waals surface area contributed by atoms with Crippen LogP contribution in [0.15, 0.2) is 21.6 Å². The third kappa shape index (κ3) is 3.31. The lowest BCUT2D eigenvalue weighted by molar-refractivity contribution is -0.124. The van der Waals surface area contributed by atoms with Gasteiger partial charge in [-0.3, -0.25) is 4.79 Å². The largest absolute Gasteiger partial charge is 0.475 e. The smallest absolute Gasteiger partial charge is 0.371 e. The van der Waals surface area contributed by atoms with Crippen molar-refractivity contribution in [1.82, 2.24) is 9.62 Å². The Morgan fingerprint density at radius 2 is 2.12 bits per heavy atom. The molecule has 3 heterocycles. The first-order valence-electron chi connectivity index (χ1n) is 7.62. The highest BCUT2D eigenvalue weighted by Crippen LogP contribution is 2.28. The standard InChI is InChI=1S/C14H18N2O6S2/c17-13(15-9-5-7-23-8-9)10-2-1-6-16(10)24(20,21)12-4-3-11(22-12)14(18)19/h3-4,9-10H,1-2,5-8H2,(H,15,17)(H,18,19). The molecule has 3 rings (SSSR count). The Morgan fingerprint density at radius 3 is 2.75 bits per heavy atom. The van der Waals surface area contributed by atoms with E-state index >= 15 is 0 Å². The van der Waals surface area contributed by atoms with E-state index in [4.69, 9.17) is 9.52 Å². The van der Waals surface area contributed by atoms with Crippen molar-refractivity contribution in [3.63, 3.8) is 0 Å². The second kappa shape index (κ2) is 6.77. The van der Waals surface area contributed by atoms with Gasteiger partial charge in [-0.1, -0.05) is 0 Å². The van der Waals surface area contributed by atoms with E-state index < -0.39 is 32.9 Å². The average molecular weight is 374 g/mol. The van der Waals surface area contributed by atoms with Crippen LogP contribution >= 0.6 is 11.8 Å². The van der Waals surface area contributed by atoms with Gasteiger partial charge in [0.1, 0.15) is 6.04 Å². The molecule has 1 aromatic rings. The number of carboxylic acids is 1. The number of nitrogens with zero attached hydrogens (tertiary/aromatic N) is 1. The Balaban J connectivity index is 1.77. The SMILES string of the molecule is O=C(O)c1ccc(S(=O)(=O)N2CCCC2C(=O)NC2CCSC2)o1. The van der Waals surface area contributed by atoms with Gasteiger partial charge in [-0.05, 0) is 37.1 Å². The summed E-state index contributed by atoms with van der Waals surface area (Å²) in [6.07, 6.45) is 1.90. The minimum atomic E-state index is -4.04. The summed E-state index contributed by atoms with van der Waals surface area (Å²) in [6.45, 7) is 0.211. The number of amides is 1. The lowest BCUT2D eigenvalue weighted by atomic mass is 10.2. The molecule has 2 unspecified atom stereocenters. The normalized spacial score (nSPS) is 25.0. The summed E-state index contributed by atoms with van der Waals surface area (Å²) in [5.41, 5.74) is 0. The molecule has 2 N–H and O–H groups in total. The minimum Gasteiger partial charge on any atom is -0.475 e. The number of hydrogen-bond donors (Lipinski definition) is 2. The molecule has 0 bridgehead atoms. The van der Waals surface area contributed by atoms with Gasteiger partial charge in [0.15, 0.2) is 0 Å². The van der Waals surface area contributed by atoms with Crippen LogP contribution in [0.25, 0.3) is 0 Å². The fourth-order valence-electron chi connectivity index (χ4n) is 2.92. The maximum Gasteiger partial charge on any atom is 0.371 e. The number of sulfonamides is 1. The van der Waals surface area contributed by atoms with Crippen LogP contribution in [0.3, 0.4) is 0 Å². The number of furan rings is 1. The highest BCUT2D eigenvalue weighted by atomic mass is 32.2. The van der Waals surface area contributed by atoms with Gasteiger partial charge in [0.2, 0.25) is 16.8 Å². The molecule has 8 nitrogen and oxygen atoms in total. The predicted octanol–water partition coefficient (Wildman–Crippen LogP) is 0.753. The molecule has 0 aromatic carbocycles. The molecule has 2 atom stereocenters. The van der Waals surface area contributed by atoms with Crippen LogP contribution in [-0.4, -0.2) is 59.8 Å². The zero-order valence-electron chi connectivity index (χ0n) is 12.8. The third-order valence-electron chi connectivity index (χ3n) is 4.14. The van der Waals surface area contributed by atoms with E-state index in [2.05, 4.69) is 5.32 Å². The molecule has 2 aliphatic heterocycles. The van der Waals surface area contributed by atoms with E-state index in [0.29, 0.717) is 12.8 Å². The van der Waals surface area contributed by atoms with Crippen molar-refractivity contribution in [3.8, 4) is 0 Å². The fourth-order valence-corrected chi connectivity index (χ4v) is 5.65. The molecule has 132 valence electrons. The van der Waals surface area contributed by atoms with Crippen LogP contribution in [0.2, 0.25) is 0 Å². The highest BCUT2D eigenvalue weighted by molar-refractivity contribution is 7.99. The number of carbonyl (C=O) groups excluding carboxylic acids is 1. The zero-order valence-corrected chi connectivity index (χ0v) is 14.4. The molecule has 24 heavy (non-hydrogen) atoms. The number of hydrogen-bond acceptors (Lipinski definition) is 6. The summed E-state index contributed by atoms with van der Waals surface area (Å²) in [6, 6.07) is 1.50. The van der Waals surface area contributed by atoms with Crippen molar-refractivity contribution < 1.29 is 27.5 Å². The lowest BCUT2D eigenvalue weighted by Gasteiger charge is -2.23. The van der Waals surface area contributed by atoms with E-state index in [-0.39, 0.29) is 18.5 Å². The molecule has 2 fully saturated rings. The molecule has 1 amide bonds. The molecular formula is C14H18N2O6S2. The van der Waals surface area contributed by atoms with Crippen molar-refractivity contribution in [1.29, 1.82) is 0 Å². The molecule has 1 aromatic heterocycles. The Morgan fingerprint density at radius 1 is 1.33 bits per heavy atom. The molecule has 0 saturated carbocycles. The molecule has 0 spiro atoms. The molecule has 0 aliphatic carbocycles. The van der Waals surface area contributed by atoms with E-state index in [1.807, 2.05) is 0 Å².